The largest absolute Gasteiger partial charge is 0.490 e. The highest BCUT2D eigenvalue weighted by Crippen LogP contribution is 2.62. The molecule has 0 saturated heterocycles. The fraction of sp³-hybridized carbons (Fsp3) is 0.647. The maximum Gasteiger partial charge on any atom is 0.162 e. The van der Waals surface area contributed by atoms with Crippen LogP contribution in [0.25, 0.3) is 0 Å². The van der Waals surface area contributed by atoms with Gasteiger partial charge >= 0.3 is 0 Å². The van der Waals surface area contributed by atoms with Gasteiger partial charge in [-0.25, -0.2) is 0 Å². The SMILES string of the molecule is CCOc1cc(Br)c(C(N)C2C3CCCC32)cc1OCC. The molecule has 1 aromatic carbocycles. The molecule has 2 aliphatic carbocycles. The molecule has 4 heteroatoms. The van der Waals surface area contributed by atoms with Gasteiger partial charge in [-0.15, -0.1) is 0 Å². The van der Waals surface area contributed by atoms with E-state index in [9.17, 15) is 0 Å². The fourth-order valence-corrected chi connectivity index (χ4v) is 4.55. The quantitative estimate of drug-likeness (QED) is 0.829. The van der Waals surface area contributed by atoms with E-state index in [1.165, 1.54) is 19.3 Å². The van der Waals surface area contributed by atoms with Crippen molar-refractivity contribution in [2.24, 2.45) is 23.5 Å². The summed E-state index contributed by atoms with van der Waals surface area (Å²) in [6.07, 6.45) is 4.10. The molecule has 3 rings (SSSR count). The van der Waals surface area contributed by atoms with E-state index in [4.69, 9.17) is 15.2 Å². The molecule has 3 nitrogen and oxygen atoms in total. The van der Waals surface area contributed by atoms with Crippen LogP contribution in [0.5, 0.6) is 11.5 Å². The van der Waals surface area contributed by atoms with Gasteiger partial charge in [-0.1, -0.05) is 22.4 Å². The first-order valence-corrected chi connectivity index (χ1v) is 8.81. The highest BCUT2D eigenvalue weighted by Gasteiger charge is 2.55. The standard InChI is InChI=1S/C17H24BrNO2/c1-3-20-14-8-12(13(18)9-15(14)21-4-2)17(19)16-10-6-5-7-11(10)16/h8-11,16-17H,3-7,19H2,1-2H3. The molecular weight excluding hydrogens is 330 g/mol. The van der Waals surface area contributed by atoms with Gasteiger partial charge in [0.2, 0.25) is 0 Å². The number of ether oxygens (including phenoxy) is 2. The van der Waals surface area contributed by atoms with Gasteiger partial charge in [0.1, 0.15) is 0 Å². The van der Waals surface area contributed by atoms with Crippen molar-refractivity contribution in [2.45, 2.75) is 39.2 Å². The predicted octanol–water partition coefficient (Wildman–Crippen LogP) is 4.29. The average molecular weight is 354 g/mol. The summed E-state index contributed by atoms with van der Waals surface area (Å²) in [6, 6.07) is 4.17. The Morgan fingerprint density at radius 3 is 2.29 bits per heavy atom. The first-order valence-electron chi connectivity index (χ1n) is 8.02. The van der Waals surface area contributed by atoms with Gasteiger partial charge in [-0.3, -0.25) is 0 Å². The number of fused-ring (bicyclic) bond motifs is 1. The summed E-state index contributed by atoms with van der Waals surface area (Å²) in [7, 11) is 0. The Balaban J connectivity index is 1.85. The van der Waals surface area contributed by atoms with Crippen LogP contribution in [0, 0.1) is 17.8 Å². The summed E-state index contributed by atoms with van der Waals surface area (Å²) in [5, 5.41) is 0. The minimum atomic E-state index is 0.101. The summed E-state index contributed by atoms with van der Waals surface area (Å²) < 4.78 is 12.4. The van der Waals surface area contributed by atoms with E-state index in [1.54, 1.807) is 0 Å². The van der Waals surface area contributed by atoms with E-state index < -0.39 is 0 Å². The Kier molecular flexibility index (Phi) is 4.46. The smallest absolute Gasteiger partial charge is 0.162 e. The van der Waals surface area contributed by atoms with Crippen molar-refractivity contribution < 1.29 is 9.47 Å². The van der Waals surface area contributed by atoms with E-state index in [2.05, 4.69) is 22.0 Å². The molecule has 0 bridgehead atoms. The fourth-order valence-electron chi connectivity index (χ4n) is 3.96. The van der Waals surface area contributed by atoms with Gasteiger partial charge in [0.25, 0.3) is 0 Å². The molecule has 2 N–H and O–H groups in total. The van der Waals surface area contributed by atoms with Crippen molar-refractivity contribution >= 4 is 15.9 Å². The lowest BCUT2D eigenvalue weighted by Crippen LogP contribution is -2.16. The molecule has 2 aliphatic rings. The Morgan fingerprint density at radius 2 is 1.71 bits per heavy atom. The first kappa shape index (κ1) is 15.2. The second-order valence-corrected chi connectivity index (χ2v) is 6.90. The van der Waals surface area contributed by atoms with Crippen LogP contribution in [0.3, 0.4) is 0 Å². The lowest BCUT2D eigenvalue weighted by molar-refractivity contribution is 0.287. The average Bonchev–Trinajstić information content (AvgIpc) is 2.94. The van der Waals surface area contributed by atoms with E-state index >= 15 is 0 Å². The third-order valence-corrected chi connectivity index (χ3v) is 5.60. The Morgan fingerprint density at radius 1 is 1.14 bits per heavy atom. The molecule has 2 saturated carbocycles. The van der Waals surface area contributed by atoms with Crippen molar-refractivity contribution in [1.82, 2.24) is 0 Å². The topological polar surface area (TPSA) is 44.5 Å². The van der Waals surface area contributed by atoms with Crippen LogP contribution in [0.2, 0.25) is 0 Å². The number of rotatable bonds is 6. The van der Waals surface area contributed by atoms with E-state index in [0.717, 1.165) is 33.4 Å². The monoisotopic (exact) mass is 353 g/mol. The summed E-state index contributed by atoms with van der Waals surface area (Å²) in [4.78, 5) is 0. The molecule has 21 heavy (non-hydrogen) atoms. The number of benzene rings is 1. The molecule has 0 radical (unpaired) electrons. The maximum atomic E-state index is 6.55. The Labute approximate surface area is 135 Å². The molecule has 116 valence electrons. The van der Waals surface area contributed by atoms with Crippen LogP contribution in [0.1, 0.15) is 44.7 Å². The van der Waals surface area contributed by atoms with Crippen molar-refractivity contribution in [3.63, 3.8) is 0 Å². The molecule has 3 atom stereocenters. The second kappa shape index (κ2) is 6.17. The van der Waals surface area contributed by atoms with Gasteiger partial charge < -0.3 is 15.2 Å². The summed E-state index contributed by atoms with van der Waals surface area (Å²) in [5.74, 6) is 3.96. The van der Waals surface area contributed by atoms with E-state index in [1.807, 2.05) is 19.9 Å². The van der Waals surface area contributed by atoms with Crippen molar-refractivity contribution in [2.75, 3.05) is 13.2 Å². The molecule has 0 amide bonds. The highest BCUT2D eigenvalue weighted by molar-refractivity contribution is 9.10. The number of hydrogen-bond acceptors (Lipinski definition) is 3. The van der Waals surface area contributed by atoms with E-state index in [-0.39, 0.29) is 6.04 Å². The number of hydrogen-bond donors (Lipinski definition) is 1. The molecule has 0 heterocycles. The van der Waals surface area contributed by atoms with E-state index in [0.29, 0.717) is 19.1 Å². The van der Waals surface area contributed by atoms with Crippen LogP contribution < -0.4 is 15.2 Å². The second-order valence-electron chi connectivity index (χ2n) is 6.05. The summed E-state index contributed by atoms with van der Waals surface area (Å²) in [5.41, 5.74) is 7.71. The van der Waals surface area contributed by atoms with Crippen LogP contribution in [-0.2, 0) is 0 Å². The minimum absolute atomic E-state index is 0.101. The number of halogens is 1. The van der Waals surface area contributed by atoms with Gasteiger partial charge in [0.05, 0.1) is 13.2 Å². The van der Waals surface area contributed by atoms with Gasteiger partial charge in [-0.2, -0.15) is 0 Å². The van der Waals surface area contributed by atoms with Crippen LogP contribution in [0.15, 0.2) is 16.6 Å². The van der Waals surface area contributed by atoms with Crippen LogP contribution >= 0.6 is 15.9 Å². The van der Waals surface area contributed by atoms with Crippen molar-refractivity contribution in [3.8, 4) is 11.5 Å². The molecule has 1 aromatic rings. The first-order chi connectivity index (χ1) is 10.2. The van der Waals surface area contributed by atoms with Crippen molar-refractivity contribution in [3.05, 3.63) is 22.2 Å². The maximum absolute atomic E-state index is 6.55. The summed E-state index contributed by atoms with van der Waals surface area (Å²) >= 11 is 3.66. The zero-order valence-corrected chi connectivity index (χ0v) is 14.4. The predicted molar refractivity (Wildman–Crippen MR) is 87.7 cm³/mol. The Hall–Kier alpha value is -0.740. The van der Waals surface area contributed by atoms with Crippen molar-refractivity contribution in [1.29, 1.82) is 0 Å². The lowest BCUT2D eigenvalue weighted by atomic mass is 9.97. The molecular formula is C17H24BrNO2. The zero-order valence-electron chi connectivity index (χ0n) is 12.8. The summed E-state index contributed by atoms with van der Waals surface area (Å²) in [6.45, 7) is 5.23. The lowest BCUT2D eigenvalue weighted by Gasteiger charge is -2.19. The third kappa shape index (κ3) is 2.80. The molecule has 2 fully saturated rings. The molecule has 0 aliphatic heterocycles. The minimum Gasteiger partial charge on any atom is -0.490 e. The van der Waals surface area contributed by atoms with Gasteiger partial charge in [0, 0.05) is 10.5 Å². The third-order valence-electron chi connectivity index (χ3n) is 4.91. The normalized spacial score (nSPS) is 28.1. The molecule has 0 aromatic heterocycles. The van der Waals surface area contributed by atoms with Gasteiger partial charge in [0.15, 0.2) is 11.5 Å². The van der Waals surface area contributed by atoms with Crippen LogP contribution in [-0.4, -0.2) is 13.2 Å². The molecule has 3 unspecified atom stereocenters. The molecule has 0 spiro atoms. The number of nitrogens with two attached hydrogens (primary N) is 1. The highest BCUT2D eigenvalue weighted by atomic mass is 79.9. The zero-order chi connectivity index (χ0) is 15.0. The van der Waals surface area contributed by atoms with Crippen LogP contribution in [0.4, 0.5) is 0 Å². The Bertz CT molecular complexity index is 510. The van der Waals surface area contributed by atoms with Gasteiger partial charge in [-0.05, 0) is 62.1 Å².